The summed E-state index contributed by atoms with van der Waals surface area (Å²) >= 11 is 0. The molecule has 0 radical (unpaired) electrons. The largest absolute Gasteiger partial charge is 0.402 e. The Hall–Kier alpha value is -2.11. The van der Waals surface area contributed by atoms with Crippen LogP contribution in [-0.4, -0.2) is 18.0 Å². The molecule has 3 nitrogen and oxygen atoms in total. The second-order valence-corrected chi connectivity index (χ2v) is 4.05. The van der Waals surface area contributed by atoms with Gasteiger partial charge < -0.3 is 4.74 Å². The summed E-state index contributed by atoms with van der Waals surface area (Å²) in [5, 5.41) is 0. The van der Waals surface area contributed by atoms with E-state index >= 15 is 0 Å². The van der Waals surface area contributed by atoms with Gasteiger partial charge in [0.2, 0.25) is 5.90 Å². The molecule has 0 aromatic heterocycles. The molecular weight excluding hydrogens is 259 g/mol. The molecule has 0 aliphatic carbocycles. The van der Waals surface area contributed by atoms with Gasteiger partial charge in [-0.05, 0) is 18.2 Å². The molecule has 0 fully saturated rings. The van der Waals surface area contributed by atoms with Crippen molar-refractivity contribution in [3.63, 3.8) is 0 Å². The van der Waals surface area contributed by atoms with Crippen molar-refractivity contribution in [3.05, 3.63) is 47.7 Å². The van der Waals surface area contributed by atoms with Crippen LogP contribution >= 0.6 is 0 Å². The van der Waals surface area contributed by atoms with E-state index in [0.717, 1.165) is 13.0 Å². The maximum Gasteiger partial charge on any atom is 0.394 e. The highest BCUT2D eigenvalue weighted by Gasteiger charge is 2.36. The van der Waals surface area contributed by atoms with Crippen molar-refractivity contribution in [1.82, 2.24) is 0 Å². The number of ether oxygens (including phenoxy) is 1. The third kappa shape index (κ3) is 3.01. The Morgan fingerprint density at radius 2 is 1.89 bits per heavy atom. The summed E-state index contributed by atoms with van der Waals surface area (Å²) in [7, 11) is 0. The van der Waals surface area contributed by atoms with Crippen LogP contribution in [0, 0.1) is 5.92 Å². The molecule has 1 aromatic carbocycles. The third-order valence-electron chi connectivity index (χ3n) is 2.57. The van der Waals surface area contributed by atoms with Gasteiger partial charge in [-0.25, -0.2) is 9.79 Å². The molecule has 100 valence electrons. The maximum absolute atomic E-state index is 12.4. The van der Waals surface area contributed by atoms with Crippen LogP contribution in [0.15, 0.2) is 47.1 Å². The van der Waals surface area contributed by atoms with Gasteiger partial charge in [0.15, 0.2) is 0 Å². The summed E-state index contributed by atoms with van der Waals surface area (Å²) in [4.78, 5) is 15.2. The van der Waals surface area contributed by atoms with E-state index in [1.165, 1.54) is 0 Å². The van der Waals surface area contributed by atoms with E-state index in [1.807, 2.05) is 0 Å². The molecule has 1 aliphatic rings. The Balaban J connectivity index is 2.27. The lowest BCUT2D eigenvalue weighted by Crippen LogP contribution is -2.18. The number of aliphatic imine (C=N–C) groups is 1. The lowest BCUT2D eigenvalue weighted by atomic mass is 10.1. The van der Waals surface area contributed by atoms with Crippen molar-refractivity contribution in [2.75, 3.05) is 0 Å². The van der Waals surface area contributed by atoms with Crippen molar-refractivity contribution >= 4 is 11.9 Å². The molecule has 1 aliphatic heterocycles. The minimum absolute atomic E-state index is 0.0197. The lowest BCUT2D eigenvalue weighted by molar-refractivity contribution is -0.156. The number of carbonyl (C=O) groups is 1. The number of rotatable bonds is 2. The van der Waals surface area contributed by atoms with Crippen LogP contribution < -0.4 is 0 Å². The maximum atomic E-state index is 12.4. The zero-order chi connectivity index (χ0) is 14.0. The third-order valence-corrected chi connectivity index (χ3v) is 2.57. The van der Waals surface area contributed by atoms with Gasteiger partial charge in [-0.1, -0.05) is 25.1 Å². The first kappa shape index (κ1) is 13.3. The van der Waals surface area contributed by atoms with Crippen molar-refractivity contribution in [2.24, 2.45) is 10.9 Å². The molecule has 0 saturated heterocycles. The smallest absolute Gasteiger partial charge is 0.394 e. The van der Waals surface area contributed by atoms with Crippen molar-refractivity contribution in [2.45, 2.75) is 13.1 Å². The van der Waals surface area contributed by atoms with E-state index in [-0.39, 0.29) is 11.6 Å². The fourth-order valence-electron chi connectivity index (χ4n) is 1.46. The van der Waals surface area contributed by atoms with Gasteiger partial charge in [-0.2, -0.15) is 13.2 Å². The van der Waals surface area contributed by atoms with Crippen LogP contribution in [0.3, 0.4) is 0 Å². The molecule has 2 rings (SSSR count). The van der Waals surface area contributed by atoms with Crippen LogP contribution in [-0.2, 0) is 9.53 Å². The number of esters is 1. The number of hydrogen-bond donors (Lipinski definition) is 0. The summed E-state index contributed by atoms with van der Waals surface area (Å²) in [5.74, 6) is -2.60. The standard InChI is InChI=1S/C13H10F3NO2/c1-8(13(14,15)16)7-10-12(18)19-11(17-10)9-5-3-2-4-6-9/h2-8H,1H3/b10-7-. The van der Waals surface area contributed by atoms with E-state index in [9.17, 15) is 18.0 Å². The molecule has 0 bridgehead atoms. The second kappa shape index (κ2) is 4.87. The first-order valence-corrected chi connectivity index (χ1v) is 5.53. The Morgan fingerprint density at radius 3 is 2.47 bits per heavy atom. The number of cyclic esters (lactones) is 1. The van der Waals surface area contributed by atoms with E-state index in [0.29, 0.717) is 5.56 Å². The first-order chi connectivity index (χ1) is 8.88. The highest BCUT2D eigenvalue weighted by atomic mass is 19.4. The van der Waals surface area contributed by atoms with Crippen LogP contribution in [0.25, 0.3) is 0 Å². The quantitative estimate of drug-likeness (QED) is 0.611. The zero-order valence-electron chi connectivity index (χ0n) is 9.94. The molecule has 1 aromatic rings. The van der Waals surface area contributed by atoms with Gasteiger partial charge in [-0.15, -0.1) is 0 Å². The summed E-state index contributed by atoms with van der Waals surface area (Å²) in [5.41, 5.74) is 0.225. The van der Waals surface area contributed by atoms with Crippen LogP contribution in [0.5, 0.6) is 0 Å². The number of hydrogen-bond acceptors (Lipinski definition) is 3. The highest BCUT2D eigenvalue weighted by molar-refractivity contribution is 6.11. The van der Waals surface area contributed by atoms with Crippen LogP contribution in [0.2, 0.25) is 0 Å². The van der Waals surface area contributed by atoms with Crippen LogP contribution in [0.4, 0.5) is 13.2 Å². The normalized spacial score (nSPS) is 19.3. The SMILES string of the molecule is CC(/C=C1\N=C(c2ccccc2)OC1=O)C(F)(F)F. The number of halogens is 3. The minimum Gasteiger partial charge on any atom is -0.402 e. The molecular formula is C13H10F3NO2. The molecule has 6 heteroatoms. The van der Waals surface area contributed by atoms with Gasteiger partial charge in [0.1, 0.15) is 5.70 Å². The van der Waals surface area contributed by atoms with Crippen molar-refractivity contribution in [1.29, 1.82) is 0 Å². The van der Waals surface area contributed by atoms with Crippen molar-refractivity contribution in [3.8, 4) is 0 Å². The van der Waals surface area contributed by atoms with Crippen LogP contribution in [0.1, 0.15) is 12.5 Å². The number of alkyl halides is 3. The van der Waals surface area contributed by atoms with E-state index in [1.54, 1.807) is 30.3 Å². The van der Waals surface area contributed by atoms with E-state index in [2.05, 4.69) is 4.99 Å². The number of nitrogens with zero attached hydrogens (tertiary/aromatic N) is 1. The lowest BCUT2D eigenvalue weighted by Gasteiger charge is -2.10. The minimum atomic E-state index is -4.40. The Morgan fingerprint density at radius 1 is 1.26 bits per heavy atom. The molecule has 0 saturated carbocycles. The summed E-state index contributed by atoms with van der Waals surface area (Å²) in [6.07, 6.45) is -3.64. The molecule has 0 amide bonds. The molecule has 19 heavy (non-hydrogen) atoms. The van der Waals surface area contributed by atoms with Gasteiger partial charge in [0, 0.05) is 5.56 Å². The fraction of sp³-hybridized carbons (Fsp3) is 0.231. The van der Waals surface area contributed by atoms with Gasteiger partial charge in [-0.3, -0.25) is 0 Å². The molecule has 1 atom stereocenters. The van der Waals surface area contributed by atoms with Crippen molar-refractivity contribution < 1.29 is 22.7 Å². The Kier molecular flexibility index (Phi) is 3.42. The average Bonchev–Trinajstić information content (AvgIpc) is 2.71. The summed E-state index contributed by atoms with van der Waals surface area (Å²) in [6.45, 7) is 0.955. The van der Waals surface area contributed by atoms with E-state index < -0.39 is 18.1 Å². The Labute approximate surface area is 107 Å². The monoisotopic (exact) mass is 269 g/mol. The summed E-state index contributed by atoms with van der Waals surface area (Å²) in [6, 6.07) is 8.51. The average molecular weight is 269 g/mol. The number of allylic oxidation sites excluding steroid dienone is 1. The molecule has 1 heterocycles. The number of carbonyl (C=O) groups excluding carboxylic acids is 1. The molecule has 0 N–H and O–H groups in total. The summed E-state index contributed by atoms with van der Waals surface area (Å²) < 4.78 is 42.1. The Bertz CT molecular complexity index is 547. The zero-order valence-corrected chi connectivity index (χ0v) is 9.94. The number of benzene rings is 1. The highest BCUT2D eigenvalue weighted by Crippen LogP contribution is 2.29. The molecule has 1 unspecified atom stereocenters. The van der Waals surface area contributed by atoms with E-state index in [4.69, 9.17) is 4.74 Å². The predicted octanol–water partition coefficient (Wildman–Crippen LogP) is 3.07. The first-order valence-electron chi connectivity index (χ1n) is 5.53. The second-order valence-electron chi connectivity index (χ2n) is 4.05. The van der Waals surface area contributed by atoms with Gasteiger partial charge in [0.25, 0.3) is 0 Å². The van der Waals surface area contributed by atoms with Gasteiger partial charge >= 0.3 is 12.1 Å². The predicted molar refractivity (Wildman–Crippen MR) is 62.4 cm³/mol. The topological polar surface area (TPSA) is 38.7 Å². The fourth-order valence-corrected chi connectivity index (χ4v) is 1.46. The molecule has 0 spiro atoms. The van der Waals surface area contributed by atoms with Gasteiger partial charge in [0.05, 0.1) is 5.92 Å².